The molecule has 1 aliphatic heterocycles. The lowest BCUT2D eigenvalue weighted by molar-refractivity contribution is -0.133. The minimum Gasteiger partial charge on any atom is -0.497 e. The number of pyridine rings is 1. The van der Waals surface area contributed by atoms with Gasteiger partial charge in [-0.3, -0.25) is 9.78 Å². The summed E-state index contributed by atoms with van der Waals surface area (Å²) in [7, 11) is 1.66. The van der Waals surface area contributed by atoms with Crippen molar-refractivity contribution in [2.24, 2.45) is 0 Å². The minimum atomic E-state index is -0.0502. The molecule has 3 aromatic rings. The van der Waals surface area contributed by atoms with E-state index in [4.69, 9.17) is 4.74 Å². The molecule has 4 heteroatoms. The van der Waals surface area contributed by atoms with Crippen molar-refractivity contribution in [2.45, 2.75) is 25.3 Å². The molecule has 1 atom stereocenters. The van der Waals surface area contributed by atoms with E-state index in [0.717, 1.165) is 29.8 Å². The van der Waals surface area contributed by atoms with Crippen molar-refractivity contribution in [3.8, 4) is 5.75 Å². The second-order valence-electron chi connectivity index (χ2n) is 7.07. The average molecular weight is 372 g/mol. The summed E-state index contributed by atoms with van der Waals surface area (Å²) in [6, 6.07) is 20.3. The van der Waals surface area contributed by atoms with E-state index >= 15 is 0 Å². The number of carbonyl (C=O) groups is 1. The number of methoxy groups -OCH3 is 1. The van der Waals surface area contributed by atoms with Gasteiger partial charge in [-0.1, -0.05) is 36.4 Å². The first-order valence-electron chi connectivity index (χ1n) is 9.66. The van der Waals surface area contributed by atoms with Crippen molar-refractivity contribution in [1.82, 2.24) is 9.88 Å². The molecule has 0 saturated carbocycles. The van der Waals surface area contributed by atoms with Gasteiger partial charge in [-0.15, -0.1) is 0 Å². The Labute approximate surface area is 165 Å². The molecule has 1 unspecified atom stereocenters. The quantitative estimate of drug-likeness (QED) is 0.674. The molecule has 0 N–H and O–H groups in total. The van der Waals surface area contributed by atoms with Crippen LogP contribution in [0.2, 0.25) is 0 Å². The maximum Gasteiger partial charge on any atom is 0.223 e. The predicted octanol–water partition coefficient (Wildman–Crippen LogP) is 4.20. The summed E-state index contributed by atoms with van der Waals surface area (Å²) in [6.07, 6.45) is 5.67. The monoisotopic (exact) mass is 372 g/mol. The van der Waals surface area contributed by atoms with Gasteiger partial charge in [0.15, 0.2) is 0 Å². The summed E-state index contributed by atoms with van der Waals surface area (Å²) in [6.45, 7) is 0.737. The summed E-state index contributed by atoms with van der Waals surface area (Å²) in [5.74, 6) is 1.01. The summed E-state index contributed by atoms with van der Waals surface area (Å²) < 4.78 is 5.29. The maximum atomic E-state index is 13.2. The van der Waals surface area contributed by atoms with Crippen LogP contribution in [0.3, 0.4) is 0 Å². The van der Waals surface area contributed by atoms with Crippen LogP contribution in [0.25, 0.3) is 0 Å². The SMILES string of the molecule is COc1cccc(CCC(=O)N2CCc3ccccc3C2c2ccncc2)c1. The Morgan fingerprint density at radius 3 is 2.75 bits per heavy atom. The molecular formula is C24H24N2O2. The fourth-order valence-corrected chi connectivity index (χ4v) is 3.96. The summed E-state index contributed by atoms with van der Waals surface area (Å²) in [5.41, 5.74) is 4.76. The van der Waals surface area contributed by atoms with E-state index in [2.05, 4.69) is 29.2 Å². The van der Waals surface area contributed by atoms with E-state index < -0.39 is 0 Å². The predicted molar refractivity (Wildman–Crippen MR) is 109 cm³/mol. The van der Waals surface area contributed by atoms with Crippen molar-refractivity contribution in [1.29, 1.82) is 0 Å². The van der Waals surface area contributed by atoms with Gasteiger partial charge in [-0.25, -0.2) is 0 Å². The maximum absolute atomic E-state index is 13.2. The largest absolute Gasteiger partial charge is 0.497 e. The summed E-state index contributed by atoms with van der Waals surface area (Å²) in [4.78, 5) is 19.4. The Hall–Kier alpha value is -3.14. The van der Waals surface area contributed by atoms with Crippen LogP contribution in [0, 0.1) is 0 Å². The van der Waals surface area contributed by atoms with Crippen LogP contribution in [0.1, 0.15) is 34.7 Å². The molecule has 142 valence electrons. The van der Waals surface area contributed by atoms with Gasteiger partial charge in [0.05, 0.1) is 13.2 Å². The second kappa shape index (κ2) is 8.26. The molecule has 4 nitrogen and oxygen atoms in total. The van der Waals surface area contributed by atoms with Gasteiger partial charge in [-0.05, 0) is 59.4 Å². The summed E-state index contributed by atoms with van der Waals surface area (Å²) in [5, 5.41) is 0. The van der Waals surface area contributed by atoms with E-state index in [1.807, 2.05) is 41.3 Å². The molecule has 4 rings (SSSR count). The number of hydrogen-bond acceptors (Lipinski definition) is 3. The molecular weight excluding hydrogens is 348 g/mol. The standard InChI is InChI=1S/C24H24N2O2/c1-28-21-7-4-5-18(17-21)9-10-23(27)26-16-13-19-6-2-3-8-22(19)24(26)20-11-14-25-15-12-20/h2-8,11-12,14-15,17,24H,9-10,13,16H2,1H3. The van der Waals surface area contributed by atoms with Gasteiger partial charge in [-0.2, -0.15) is 0 Å². The van der Waals surface area contributed by atoms with E-state index in [1.54, 1.807) is 19.5 Å². The second-order valence-corrected chi connectivity index (χ2v) is 7.07. The highest BCUT2D eigenvalue weighted by molar-refractivity contribution is 5.78. The van der Waals surface area contributed by atoms with Crippen molar-refractivity contribution < 1.29 is 9.53 Å². The normalized spacial score (nSPS) is 15.8. The zero-order valence-electron chi connectivity index (χ0n) is 16.0. The number of aryl methyl sites for hydroxylation is 1. The molecule has 0 radical (unpaired) electrons. The fraction of sp³-hybridized carbons (Fsp3) is 0.250. The van der Waals surface area contributed by atoms with E-state index in [-0.39, 0.29) is 11.9 Å². The molecule has 0 spiro atoms. The number of aromatic nitrogens is 1. The minimum absolute atomic E-state index is 0.0502. The molecule has 28 heavy (non-hydrogen) atoms. The van der Waals surface area contributed by atoms with Crippen LogP contribution < -0.4 is 4.74 Å². The number of ether oxygens (including phenoxy) is 1. The number of hydrogen-bond donors (Lipinski definition) is 0. The lowest BCUT2D eigenvalue weighted by atomic mass is 9.88. The Kier molecular flexibility index (Phi) is 5.38. The van der Waals surface area contributed by atoms with Crippen molar-refractivity contribution in [3.05, 3.63) is 95.3 Å². The lowest BCUT2D eigenvalue weighted by Crippen LogP contribution is -2.40. The zero-order chi connectivity index (χ0) is 19.3. The van der Waals surface area contributed by atoms with Crippen molar-refractivity contribution in [2.75, 3.05) is 13.7 Å². The van der Waals surface area contributed by atoms with Gasteiger partial charge in [0.25, 0.3) is 0 Å². The molecule has 0 bridgehead atoms. The third kappa shape index (κ3) is 3.77. The number of nitrogens with zero attached hydrogens (tertiary/aromatic N) is 2. The molecule has 0 aliphatic carbocycles. The topological polar surface area (TPSA) is 42.4 Å². The fourth-order valence-electron chi connectivity index (χ4n) is 3.96. The molecule has 1 aliphatic rings. The van der Waals surface area contributed by atoms with Crippen LogP contribution in [-0.2, 0) is 17.6 Å². The van der Waals surface area contributed by atoms with E-state index in [0.29, 0.717) is 12.8 Å². The Morgan fingerprint density at radius 1 is 1.11 bits per heavy atom. The Balaban J connectivity index is 1.57. The Bertz CT molecular complexity index is 956. The first-order chi connectivity index (χ1) is 13.8. The molecule has 1 amide bonds. The number of rotatable bonds is 5. The van der Waals surface area contributed by atoms with Crippen molar-refractivity contribution >= 4 is 5.91 Å². The number of benzene rings is 2. The highest BCUT2D eigenvalue weighted by atomic mass is 16.5. The summed E-state index contributed by atoms with van der Waals surface area (Å²) >= 11 is 0. The lowest BCUT2D eigenvalue weighted by Gasteiger charge is -2.38. The van der Waals surface area contributed by atoms with Gasteiger partial charge >= 0.3 is 0 Å². The van der Waals surface area contributed by atoms with Gasteiger partial charge in [0.1, 0.15) is 5.75 Å². The molecule has 1 aromatic heterocycles. The van der Waals surface area contributed by atoms with Crippen LogP contribution in [-0.4, -0.2) is 29.4 Å². The third-order valence-corrected chi connectivity index (χ3v) is 5.39. The third-order valence-electron chi connectivity index (χ3n) is 5.39. The van der Waals surface area contributed by atoms with E-state index in [9.17, 15) is 4.79 Å². The first-order valence-corrected chi connectivity index (χ1v) is 9.66. The zero-order valence-corrected chi connectivity index (χ0v) is 16.0. The van der Waals surface area contributed by atoms with Gasteiger partial charge in [0, 0.05) is 25.4 Å². The highest BCUT2D eigenvalue weighted by Crippen LogP contribution is 2.35. The first kappa shape index (κ1) is 18.2. The van der Waals surface area contributed by atoms with Gasteiger partial charge in [0.2, 0.25) is 5.91 Å². The number of carbonyl (C=O) groups excluding carboxylic acids is 1. The molecule has 2 aromatic carbocycles. The number of amides is 1. The number of fused-ring (bicyclic) bond motifs is 1. The van der Waals surface area contributed by atoms with Crippen LogP contribution in [0.4, 0.5) is 0 Å². The average Bonchev–Trinajstić information content (AvgIpc) is 2.77. The van der Waals surface area contributed by atoms with Crippen LogP contribution in [0.5, 0.6) is 5.75 Å². The molecule has 0 saturated heterocycles. The van der Waals surface area contributed by atoms with Crippen LogP contribution in [0.15, 0.2) is 73.1 Å². The van der Waals surface area contributed by atoms with E-state index in [1.165, 1.54) is 11.1 Å². The molecule has 2 heterocycles. The van der Waals surface area contributed by atoms with Gasteiger partial charge < -0.3 is 9.64 Å². The van der Waals surface area contributed by atoms with Crippen molar-refractivity contribution in [3.63, 3.8) is 0 Å². The highest BCUT2D eigenvalue weighted by Gasteiger charge is 2.31. The Morgan fingerprint density at radius 2 is 1.93 bits per heavy atom. The smallest absolute Gasteiger partial charge is 0.223 e. The molecule has 0 fully saturated rings. The van der Waals surface area contributed by atoms with Crippen LogP contribution >= 0.6 is 0 Å².